The number of hydrogen-bond acceptors (Lipinski definition) is 7. The first-order valence-electron chi connectivity index (χ1n) is 7.99. The number of alkyl carbamates (subject to hydrolysis) is 1. The van der Waals surface area contributed by atoms with Crippen LogP contribution in [-0.4, -0.2) is 52.8 Å². The number of imide groups is 1. The molecule has 0 aromatic heterocycles. The van der Waals surface area contributed by atoms with Gasteiger partial charge in [0.25, 0.3) is 11.8 Å². The van der Waals surface area contributed by atoms with Crippen LogP contribution in [0.4, 0.5) is 4.79 Å². The summed E-state index contributed by atoms with van der Waals surface area (Å²) in [5.74, 6) is -2.20. The first kappa shape index (κ1) is 20.9. The van der Waals surface area contributed by atoms with E-state index in [1.54, 1.807) is 41.5 Å². The van der Waals surface area contributed by atoms with Crippen LogP contribution >= 0.6 is 0 Å². The minimum atomic E-state index is -1.24. The number of nitrogens with zero attached hydrogens (tertiary/aromatic N) is 1. The normalized spacial score (nSPS) is 16.6. The number of carbonyl (C=O) groups excluding carboxylic acids is 4. The van der Waals surface area contributed by atoms with Gasteiger partial charge < -0.3 is 19.6 Å². The van der Waals surface area contributed by atoms with Crippen molar-refractivity contribution >= 4 is 23.9 Å². The number of rotatable bonds is 5. The molecule has 0 spiro atoms. The van der Waals surface area contributed by atoms with E-state index in [0.29, 0.717) is 5.06 Å². The molecule has 25 heavy (non-hydrogen) atoms. The van der Waals surface area contributed by atoms with E-state index in [-0.39, 0.29) is 19.4 Å². The van der Waals surface area contributed by atoms with Crippen molar-refractivity contribution in [1.82, 2.24) is 10.4 Å². The first-order chi connectivity index (χ1) is 11.3. The van der Waals surface area contributed by atoms with Crippen molar-refractivity contribution in [2.75, 3.05) is 6.61 Å². The van der Waals surface area contributed by atoms with Crippen LogP contribution in [0.3, 0.4) is 0 Å². The van der Waals surface area contributed by atoms with Crippen molar-refractivity contribution in [3.8, 4) is 0 Å². The van der Waals surface area contributed by atoms with Crippen LogP contribution < -0.4 is 5.32 Å². The van der Waals surface area contributed by atoms with Gasteiger partial charge in [-0.2, -0.15) is 0 Å². The summed E-state index contributed by atoms with van der Waals surface area (Å²) in [7, 11) is 0. The maximum atomic E-state index is 12.3. The monoisotopic (exact) mass is 358 g/mol. The summed E-state index contributed by atoms with van der Waals surface area (Å²) in [6.45, 7) is 10.1. The molecule has 0 aromatic carbocycles. The van der Waals surface area contributed by atoms with E-state index in [0.717, 1.165) is 0 Å². The van der Waals surface area contributed by atoms with Crippen molar-refractivity contribution in [1.29, 1.82) is 0 Å². The molecule has 1 fully saturated rings. The molecule has 0 saturated carbocycles. The minimum Gasteiger partial charge on any atom is -0.444 e. The summed E-state index contributed by atoms with van der Waals surface area (Å²) >= 11 is 0. The molecule has 1 heterocycles. The third-order valence-electron chi connectivity index (χ3n) is 2.85. The van der Waals surface area contributed by atoms with Gasteiger partial charge in [0.2, 0.25) is 0 Å². The number of hydrogen-bond donors (Lipinski definition) is 1. The topological polar surface area (TPSA) is 111 Å². The van der Waals surface area contributed by atoms with Gasteiger partial charge in [0, 0.05) is 12.8 Å². The second kappa shape index (κ2) is 7.81. The molecule has 1 N–H and O–H groups in total. The van der Waals surface area contributed by atoms with E-state index < -0.39 is 41.1 Å². The van der Waals surface area contributed by atoms with Gasteiger partial charge in [-0.05, 0) is 41.5 Å². The van der Waals surface area contributed by atoms with Gasteiger partial charge in [0.05, 0.1) is 12.2 Å². The van der Waals surface area contributed by atoms with Crippen LogP contribution in [0.25, 0.3) is 0 Å². The van der Waals surface area contributed by atoms with Crippen LogP contribution in [-0.2, 0) is 28.7 Å². The highest BCUT2D eigenvalue weighted by Gasteiger charge is 2.36. The second-order valence-corrected chi connectivity index (χ2v) is 7.61. The molecular weight excluding hydrogens is 332 g/mol. The van der Waals surface area contributed by atoms with Gasteiger partial charge in [0.15, 0.2) is 6.04 Å². The second-order valence-electron chi connectivity index (χ2n) is 7.61. The maximum Gasteiger partial charge on any atom is 0.408 e. The average Bonchev–Trinajstić information content (AvgIpc) is 2.72. The molecule has 1 unspecified atom stereocenters. The van der Waals surface area contributed by atoms with Crippen LogP contribution in [0.15, 0.2) is 0 Å². The van der Waals surface area contributed by atoms with Crippen molar-refractivity contribution in [3.63, 3.8) is 0 Å². The molecule has 1 saturated heterocycles. The molecule has 3 amide bonds. The third-order valence-corrected chi connectivity index (χ3v) is 2.85. The SMILES string of the molecule is CC(C)(C)OCC(NC(=O)OC(C)(C)C)C(=O)ON1C(=O)CCC1=O. The van der Waals surface area contributed by atoms with E-state index >= 15 is 0 Å². The zero-order valence-electron chi connectivity index (χ0n) is 15.5. The first-order valence-corrected chi connectivity index (χ1v) is 7.99. The third kappa shape index (κ3) is 7.51. The van der Waals surface area contributed by atoms with Gasteiger partial charge >= 0.3 is 12.1 Å². The van der Waals surface area contributed by atoms with Crippen LogP contribution in [0.5, 0.6) is 0 Å². The predicted octanol–water partition coefficient (Wildman–Crippen LogP) is 1.30. The molecule has 0 radical (unpaired) electrons. The summed E-state index contributed by atoms with van der Waals surface area (Å²) in [5, 5.41) is 2.76. The molecule has 9 nitrogen and oxygen atoms in total. The summed E-state index contributed by atoms with van der Waals surface area (Å²) in [5.41, 5.74) is -1.34. The smallest absolute Gasteiger partial charge is 0.408 e. The Hall–Kier alpha value is -2.16. The average molecular weight is 358 g/mol. The largest absolute Gasteiger partial charge is 0.444 e. The minimum absolute atomic E-state index is 0.0191. The molecule has 1 aliphatic rings. The highest BCUT2D eigenvalue weighted by molar-refractivity contribution is 6.01. The number of nitrogens with one attached hydrogen (secondary N) is 1. The lowest BCUT2D eigenvalue weighted by molar-refractivity contribution is -0.200. The molecule has 9 heteroatoms. The molecule has 1 atom stereocenters. The standard InChI is InChI=1S/C16H26N2O7/c1-15(2,3)23-9-10(17-14(22)24-16(4,5)6)13(21)25-18-11(19)7-8-12(18)20/h10H,7-9H2,1-6H3,(H,17,22). The quantitative estimate of drug-likeness (QED) is 0.737. The van der Waals surface area contributed by atoms with Crippen molar-refractivity contribution < 1.29 is 33.5 Å². The Bertz CT molecular complexity index is 530. The number of hydroxylamine groups is 2. The molecule has 1 aliphatic heterocycles. The van der Waals surface area contributed by atoms with E-state index in [1.807, 2.05) is 0 Å². The molecule has 142 valence electrons. The Morgan fingerprint density at radius 1 is 1.04 bits per heavy atom. The zero-order chi connectivity index (χ0) is 19.4. The number of ether oxygens (including phenoxy) is 2. The molecule has 0 aliphatic carbocycles. The fourth-order valence-corrected chi connectivity index (χ4v) is 1.76. The lowest BCUT2D eigenvalue weighted by Crippen LogP contribution is -2.50. The lowest BCUT2D eigenvalue weighted by Gasteiger charge is -2.26. The Morgan fingerprint density at radius 3 is 2.00 bits per heavy atom. The van der Waals surface area contributed by atoms with Crippen molar-refractivity contribution in [2.24, 2.45) is 0 Å². The van der Waals surface area contributed by atoms with Gasteiger partial charge in [-0.15, -0.1) is 5.06 Å². The molecule has 0 bridgehead atoms. The Kier molecular flexibility index (Phi) is 6.53. The Labute approximate surface area is 146 Å². The zero-order valence-corrected chi connectivity index (χ0v) is 15.5. The molecule has 0 aromatic rings. The van der Waals surface area contributed by atoms with Crippen molar-refractivity contribution in [2.45, 2.75) is 71.6 Å². The Morgan fingerprint density at radius 2 is 1.56 bits per heavy atom. The van der Waals surface area contributed by atoms with E-state index in [4.69, 9.17) is 14.3 Å². The van der Waals surface area contributed by atoms with Crippen LogP contribution in [0.1, 0.15) is 54.4 Å². The number of amides is 3. The van der Waals surface area contributed by atoms with Crippen LogP contribution in [0, 0.1) is 0 Å². The number of carbonyl (C=O) groups is 4. The maximum absolute atomic E-state index is 12.3. The van der Waals surface area contributed by atoms with Gasteiger partial charge in [0.1, 0.15) is 5.60 Å². The van der Waals surface area contributed by atoms with Crippen LogP contribution in [0.2, 0.25) is 0 Å². The van der Waals surface area contributed by atoms with Gasteiger partial charge in [-0.25, -0.2) is 9.59 Å². The fraction of sp³-hybridized carbons (Fsp3) is 0.750. The van der Waals surface area contributed by atoms with E-state index in [9.17, 15) is 19.2 Å². The van der Waals surface area contributed by atoms with Crippen molar-refractivity contribution in [3.05, 3.63) is 0 Å². The van der Waals surface area contributed by atoms with E-state index in [2.05, 4.69) is 5.32 Å². The molecule has 1 rings (SSSR count). The highest BCUT2D eigenvalue weighted by atomic mass is 16.7. The highest BCUT2D eigenvalue weighted by Crippen LogP contribution is 2.14. The van der Waals surface area contributed by atoms with Gasteiger partial charge in [-0.3, -0.25) is 9.59 Å². The Balaban J connectivity index is 2.78. The predicted molar refractivity (Wildman–Crippen MR) is 86.0 cm³/mol. The molecular formula is C16H26N2O7. The summed E-state index contributed by atoms with van der Waals surface area (Å²) < 4.78 is 10.6. The summed E-state index contributed by atoms with van der Waals surface area (Å²) in [4.78, 5) is 52.2. The van der Waals surface area contributed by atoms with E-state index in [1.165, 1.54) is 0 Å². The fourth-order valence-electron chi connectivity index (χ4n) is 1.76. The lowest BCUT2D eigenvalue weighted by atomic mass is 10.2. The summed E-state index contributed by atoms with van der Waals surface area (Å²) in [6.07, 6.45) is -0.880. The summed E-state index contributed by atoms with van der Waals surface area (Å²) in [6, 6.07) is -1.24. The van der Waals surface area contributed by atoms with Gasteiger partial charge in [-0.1, -0.05) is 0 Å².